The van der Waals surface area contributed by atoms with Gasteiger partial charge in [-0.1, -0.05) is 54.1 Å². The molecule has 0 radical (unpaired) electrons. The van der Waals surface area contributed by atoms with Crippen LogP contribution in [-0.2, 0) is 10.0 Å². The molecule has 2 heterocycles. The number of hydrogen-bond acceptors (Lipinski definition) is 4. The Bertz CT molecular complexity index is 1640. The van der Waals surface area contributed by atoms with Crippen LogP contribution in [0.15, 0.2) is 90.3 Å². The number of ether oxygens (including phenoxy) is 1. The number of benzene rings is 3. The summed E-state index contributed by atoms with van der Waals surface area (Å²) in [5.74, 6) is 0.592. The first-order chi connectivity index (χ1) is 19.3. The summed E-state index contributed by atoms with van der Waals surface area (Å²) in [5, 5.41) is 1.80. The maximum atomic E-state index is 13.8. The highest BCUT2D eigenvalue weighted by Crippen LogP contribution is 2.34. The fourth-order valence-corrected chi connectivity index (χ4v) is 6.27. The van der Waals surface area contributed by atoms with E-state index >= 15 is 0 Å². The SMILES string of the molecule is COc1ccc(-c2cc(C(=O)N3CCN(S(=O)(=O)/C=C/c4ccccc4)CC3)c(C)n2-c2ccccc2Cl)cc1. The van der Waals surface area contributed by atoms with Crippen LogP contribution in [0.25, 0.3) is 23.0 Å². The Morgan fingerprint density at radius 2 is 1.55 bits per heavy atom. The summed E-state index contributed by atoms with van der Waals surface area (Å²) < 4.78 is 34.5. The number of sulfonamides is 1. The molecule has 40 heavy (non-hydrogen) atoms. The molecule has 0 bridgehead atoms. The summed E-state index contributed by atoms with van der Waals surface area (Å²) in [5.41, 5.74) is 4.61. The Morgan fingerprint density at radius 3 is 2.20 bits per heavy atom. The molecule has 0 aliphatic carbocycles. The first-order valence-electron chi connectivity index (χ1n) is 12.9. The molecule has 5 rings (SSSR count). The third-order valence-corrected chi connectivity index (χ3v) is 8.96. The van der Waals surface area contributed by atoms with Crippen molar-refractivity contribution in [1.29, 1.82) is 0 Å². The number of rotatable bonds is 7. The lowest BCUT2D eigenvalue weighted by molar-refractivity contribution is 0.0698. The van der Waals surface area contributed by atoms with Crippen LogP contribution in [0.4, 0.5) is 0 Å². The Labute approximate surface area is 239 Å². The lowest BCUT2D eigenvalue weighted by Crippen LogP contribution is -2.50. The smallest absolute Gasteiger partial charge is 0.255 e. The molecule has 0 N–H and O–H groups in total. The van der Waals surface area contributed by atoms with Gasteiger partial charge >= 0.3 is 0 Å². The Balaban J connectivity index is 1.40. The fraction of sp³-hybridized carbons (Fsp3) is 0.194. The zero-order valence-corrected chi connectivity index (χ0v) is 23.9. The molecule has 1 aliphatic rings. The van der Waals surface area contributed by atoms with Crippen molar-refractivity contribution in [3.63, 3.8) is 0 Å². The van der Waals surface area contributed by atoms with Crippen LogP contribution in [0.1, 0.15) is 21.6 Å². The van der Waals surface area contributed by atoms with E-state index in [0.717, 1.165) is 34.0 Å². The van der Waals surface area contributed by atoms with Gasteiger partial charge < -0.3 is 14.2 Å². The van der Waals surface area contributed by atoms with Crippen LogP contribution in [0.3, 0.4) is 0 Å². The number of halogens is 1. The van der Waals surface area contributed by atoms with Gasteiger partial charge in [-0.15, -0.1) is 0 Å². The fourth-order valence-electron chi connectivity index (χ4n) is 4.87. The second-order valence-electron chi connectivity index (χ2n) is 9.49. The van der Waals surface area contributed by atoms with E-state index in [1.807, 2.05) is 96.4 Å². The minimum Gasteiger partial charge on any atom is -0.497 e. The summed E-state index contributed by atoms with van der Waals surface area (Å²) in [6, 6.07) is 26.3. The molecule has 0 saturated carbocycles. The van der Waals surface area contributed by atoms with Gasteiger partial charge in [-0.2, -0.15) is 4.31 Å². The van der Waals surface area contributed by atoms with E-state index in [1.54, 1.807) is 18.1 Å². The van der Waals surface area contributed by atoms with Crippen LogP contribution in [0.2, 0.25) is 5.02 Å². The topological polar surface area (TPSA) is 71.8 Å². The van der Waals surface area contributed by atoms with Gasteiger partial charge in [-0.3, -0.25) is 4.79 Å². The number of carbonyl (C=O) groups is 1. The Kier molecular flexibility index (Phi) is 8.12. The van der Waals surface area contributed by atoms with Crippen LogP contribution in [0.5, 0.6) is 5.75 Å². The monoisotopic (exact) mass is 575 g/mol. The van der Waals surface area contributed by atoms with E-state index in [2.05, 4.69) is 0 Å². The summed E-state index contributed by atoms with van der Waals surface area (Å²) in [4.78, 5) is 15.5. The molecule has 0 atom stereocenters. The van der Waals surface area contributed by atoms with Crippen molar-refractivity contribution in [1.82, 2.24) is 13.8 Å². The number of amides is 1. The number of aromatic nitrogens is 1. The molecular formula is C31H30ClN3O4S. The quantitative estimate of drug-likeness (QED) is 0.276. The Hall–Kier alpha value is -3.85. The van der Waals surface area contributed by atoms with Crippen LogP contribution in [0, 0.1) is 6.92 Å². The summed E-state index contributed by atoms with van der Waals surface area (Å²) in [7, 11) is -1.98. The van der Waals surface area contributed by atoms with Crippen molar-refractivity contribution >= 4 is 33.6 Å². The van der Waals surface area contributed by atoms with Gasteiger partial charge in [-0.25, -0.2) is 8.42 Å². The average molecular weight is 576 g/mol. The van der Waals surface area contributed by atoms with E-state index in [4.69, 9.17) is 16.3 Å². The summed E-state index contributed by atoms with van der Waals surface area (Å²) in [6.45, 7) is 2.95. The molecule has 1 aliphatic heterocycles. The van der Waals surface area contributed by atoms with E-state index in [9.17, 15) is 13.2 Å². The van der Waals surface area contributed by atoms with Crippen LogP contribution < -0.4 is 4.74 Å². The van der Waals surface area contributed by atoms with Crippen molar-refractivity contribution in [3.05, 3.63) is 112 Å². The van der Waals surface area contributed by atoms with E-state index in [0.29, 0.717) is 23.7 Å². The van der Waals surface area contributed by atoms with Crippen molar-refractivity contribution in [2.45, 2.75) is 6.92 Å². The Morgan fingerprint density at radius 1 is 0.900 bits per heavy atom. The molecule has 4 aromatic rings. The third kappa shape index (κ3) is 5.70. The van der Waals surface area contributed by atoms with Gasteiger partial charge in [-0.05, 0) is 66.6 Å². The first kappa shape index (κ1) is 27.7. The predicted molar refractivity (Wildman–Crippen MR) is 159 cm³/mol. The minimum absolute atomic E-state index is 0.144. The van der Waals surface area contributed by atoms with Crippen LogP contribution >= 0.6 is 11.6 Å². The molecule has 0 spiro atoms. The highest BCUT2D eigenvalue weighted by Gasteiger charge is 2.30. The van der Waals surface area contributed by atoms with E-state index in [-0.39, 0.29) is 19.0 Å². The minimum atomic E-state index is -3.60. The maximum Gasteiger partial charge on any atom is 0.255 e. The maximum absolute atomic E-state index is 13.8. The van der Waals surface area contributed by atoms with Gasteiger partial charge in [0, 0.05) is 37.3 Å². The second-order valence-corrected chi connectivity index (χ2v) is 11.7. The number of methoxy groups -OCH3 is 1. The molecule has 1 aromatic heterocycles. The zero-order chi connectivity index (χ0) is 28.3. The van der Waals surface area contributed by atoms with Gasteiger partial charge in [0.05, 0.1) is 29.1 Å². The lowest BCUT2D eigenvalue weighted by Gasteiger charge is -2.33. The predicted octanol–water partition coefficient (Wildman–Crippen LogP) is 5.87. The highest BCUT2D eigenvalue weighted by atomic mass is 35.5. The van der Waals surface area contributed by atoms with Crippen molar-refractivity contribution < 1.29 is 17.9 Å². The molecule has 206 valence electrons. The molecule has 9 heteroatoms. The molecular weight excluding hydrogens is 546 g/mol. The van der Waals surface area contributed by atoms with Crippen molar-refractivity contribution in [2.24, 2.45) is 0 Å². The largest absolute Gasteiger partial charge is 0.497 e. The average Bonchev–Trinajstić information content (AvgIpc) is 3.33. The number of nitrogens with zero attached hydrogens (tertiary/aromatic N) is 3. The molecule has 0 unspecified atom stereocenters. The number of piperazine rings is 1. The van der Waals surface area contributed by atoms with Crippen molar-refractivity contribution in [3.8, 4) is 22.7 Å². The highest BCUT2D eigenvalue weighted by molar-refractivity contribution is 7.92. The molecule has 7 nitrogen and oxygen atoms in total. The van der Waals surface area contributed by atoms with Crippen LogP contribution in [-0.4, -0.2) is 61.4 Å². The summed E-state index contributed by atoms with van der Waals surface area (Å²) >= 11 is 6.59. The molecule has 1 saturated heterocycles. The molecule has 1 fully saturated rings. The van der Waals surface area contributed by atoms with Gasteiger partial charge in [0.2, 0.25) is 10.0 Å². The van der Waals surface area contributed by atoms with E-state index in [1.165, 1.54) is 9.71 Å². The normalized spacial score (nSPS) is 14.5. The third-order valence-electron chi connectivity index (χ3n) is 7.07. The number of hydrogen-bond donors (Lipinski definition) is 0. The van der Waals surface area contributed by atoms with Gasteiger partial charge in [0.15, 0.2) is 0 Å². The van der Waals surface area contributed by atoms with Crippen molar-refractivity contribution in [2.75, 3.05) is 33.3 Å². The zero-order valence-electron chi connectivity index (χ0n) is 22.3. The first-order valence-corrected chi connectivity index (χ1v) is 14.8. The standard InChI is InChI=1S/C31H30ClN3O4S/c1-23-27(22-30(25-12-14-26(39-2)15-13-25)35(23)29-11-7-6-10-28(29)32)31(36)33-17-19-34(20-18-33)40(37,38)21-16-24-8-4-3-5-9-24/h3-16,21-22H,17-20H2,1-2H3/b21-16+. The number of para-hydroxylation sites is 1. The summed E-state index contributed by atoms with van der Waals surface area (Å²) in [6.07, 6.45) is 1.59. The number of carbonyl (C=O) groups excluding carboxylic acids is 1. The molecule has 3 aromatic carbocycles. The second kappa shape index (κ2) is 11.7. The van der Waals surface area contributed by atoms with Gasteiger partial charge in [0.25, 0.3) is 5.91 Å². The van der Waals surface area contributed by atoms with Gasteiger partial charge in [0.1, 0.15) is 5.75 Å². The lowest BCUT2D eigenvalue weighted by atomic mass is 10.1. The van der Waals surface area contributed by atoms with E-state index < -0.39 is 10.0 Å². The molecule has 1 amide bonds.